The van der Waals surface area contributed by atoms with Crippen LogP contribution in [0.1, 0.15) is 43.2 Å². The Bertz CT molecular complexity index is 627. The molecule has 1 aromatic rings. The molecule has 1 atom stereocenters. The molecule has 1 saturated carbocycles. The van der Waals surface area contributed by atoms with Gasteiger partial charge in [0.15, 0.2) is 0 Å². The van der Waals surface area contributed by atoms with Gasteiger partial charge in [-0.2, -0.15) is 0 Å². The molecule has 1 aromatic carbocycles. The fourth-order valence-electron chi connectivity index (χ4n) is 4.61. The van der Waals surface area contributed by atoms with Gasteiger partial charge in [-0.3, -0.25) is 9.69 Å². The van der Waals surface area contributed by atoms with Crippen molar-refractivity contribution in [3.05, 3.63) is 35.4 Å². The lowest BCUT2D eigenvalue weighted by Crippen LogP contribution is -2.35. The van der Waals surface area contributed by atoms with Crippen LogP contribution in [0.25, 0.3) is 0 Å². The Kier molecular flexibility index (Phi) is 8.59. The maximum absolute atomic E-state index is 12.4. The highest BCUT2D eigenvalue weighted by molar-refractivity contribution is 5.85. The van der Waals surface area contributed by atoms with Gasteiger partial charge in [0.2, 0.25) is 5.91 Å². The molecule has 158 valence electrons. The number of rotatable bonds is 5. The monoisotopic (exact) mass is 429 g/mol. The minimum atomic E-state index is -0.118. The highest BCUT2D eigenvalue weighted by Gasteiger charge is 2.57. The van der Waals surface area contributed by atoms with E-state index >= 15 is 0 Å². The average Bonchev–Trinajstić information content (AvgIpc) is 3.36. The molecule has 5 nitrogen and oxygen atoms in total. The average molecular weight is 430 g/mol. The van der Waals surface area contributed by atoms with Crippen LogP contribution in [-0.4, -0.2) is 48.2 Å². The van der Waals surface area contributed by atoms with Crippen LogP contribution >= 0.6 is 24.8 Å². The summed E-state index contributed by atoms with van der Waals surface area (Å²) in [5, 5.41) is 16.1. The first-order valence-corrected chi connectivity index (χ1v) is 10.1. The van der Waals surface area contributed by atoms with Crippen molar-refractivity contribution in [3.63, 3.8) is 0 Å². The number of carbonyl (C=O) groups is 1. The Labute approximate surface area is 180 Å². The number of carbonyl (C=O) groups excluding carboxylic acids is 1. The Balaban J connectivity index is 0.00000140. The number of nitrogens with one attached hydrogen (secondary N) is 2. The van der Waals surface area contributed by atoms with Crippen LogP contribution in [0.3, 0.4) is 0 Å². The maximum atomic E-state index is 12.4. The van der Waals surface area contributed by atoms with Crippen LogP contribution in [0.5, 0.6) is 0 Å². The predicted molar refractivity (Wildman–Crippen MR) is 116 cm³/mol. The Morgan fingerprint density at radius 2 is 1.71 bits per heavy atom. The van der Waals surface area contributed by atoms with E-state index in [0.717, 1.165) is 70.4 Å². The van der Waals surface area contributed by atoms with Crippen molar-refractivity contribution in [1.29, 1.82) is 0 Å². The zero-order chi connectivity index (χ0) is 18.0. The fourth-order valence-corrected chi connectivity index (χ4v) is 4.61. The molecule has 0 bridgehead atoms. The van der Waals surface area contributed by atoms with E-state index in [2.05, 4.69) is 39.8 Å². The van der Waals surface area contributed by atoms with Crippen molar-refractivity contribution in [2.24, 2.45) is 11.3 Å². The summed E-state index contributed by atoms with van der Waals surface area (Å²) in [4.78, 5) is 14.8. The van der Waals surface area contributed by atoms with Gasteiger partial charge >= 0.3 is 0 Å². The lowest BCUT2D eigenvalue weighted by Gasteiger charge is -2.29. The van der Waals surface area contributed by atoms with Crippen molar-refractivity contribution < 1.29 is 9.90 Å². The molecule has 7 heteroatoms. The summed E-state index contributed by atoms with van der Waals surface area (Å²) in [6, 6.07) is 8.58. The second kappa shape index (κ2) is 10.3. The first kappa shape index (κ1) is 23.4. The molecule has 3 fully saturated rings. The number of aliphatic hydroxyl groups is 1. The molecule has 2 aliphatic heterocycles. The van der Waals surface area contributed by atoms with Crippen LogP contribution in [0, 0.1) is 11.3 Å². The number of piperidine rings is 2. The number of hydrogen-bond donors (Lipinski definition) is 3. The van der Waals surface area contributed by atoms with Crippen molar-refractivity contribution in [1.82, 2.24) is 15.5 Å². The number of nitrogens with zero attached hydrogens (tertiary/aromatic N) is 1. The molecule has 1 unspecified atom stereocenters. The van der Waals surface area contributed by atoms with Gasteiger partial charge in [0.25, 0.3) is 0 Å². The third-order valence-electron chi connectivity index (χ3n) is 6.56. The SMILES string of the molecule is Cl.Cl.O=C(NCc1ccc(CN2CCC(O)CC2)cc1)C1CC12CCNCC2. The Morgan fingerprint density at radius 3 is 2.36 bits per heavy atom. The molecule has 1 spiro atoms. The summed E-state index contributed by atoms with van der Waals surface area (Å²) >= 11 is 0. The minimum absolute atomic E-state index is 0. The van der Waals surface area contributed by atoms with Crippen LogP contribution < -0.4 is 10.6 Å². The van der Waals surface area contributed by atoms with E-state index in [0.29, 0.717) is 12.0 Å². The van der Waals surface area contributed by atoms with E-state index in [1.54, 1.807) is 0 Å². The van der Waals surface area contributed by atoms with E-state index in [9.17, 15) is 9.90 Å². The molecule has 0 aromatic heterocycles. The smallest absolute Gasteiger partial charge is 0.223 e. The Hall–Kier alpha value is -0.850. The van der Waals surface area contributed by atoms with Crippen molar-refractivity contribution in [3.8, 4) is 0 Å². The zero-order valence-electron chi connectivity index (χ0n) is 16.4. The van der Waals surface area contributed by atoms with Crippen molar-refractivity contribution in [2.45, 2.75) is 51.3 Å². The highest BCUT2D eigenvalue weighted by Crippen LogP contribution is 2.58. The van der Waals surface area contributed by atoms with E-state index in [1.807, 2.05) is 0 Å². The van der Waals surface area contributed by atoms with Crippen LogP contribution in [0.4, 0.5) is 0 Å². The fraction of sp³-hybridized carbons (Fsp3) is 0.667. The molecular weight excluding hydrogens is 397 g/mol. The third kappa shape index (κ3) is 5.61. The second-order valence-corrected chi connectivity index (χ2v) is 8.41. The van der Waals surface area contributed by atoms with Gasteiger partial charge in [-0.05, 0) is 61.7 Å². The summed E-state index contributed by atoms with van der Waals surface area (Å²) in [6.45, 7) is 5.62. The molecule has 2 saturated heterocycles. The lowest BCUT2D eigenvalue weighted by molar-refractivity contribution is -0.123. The molecule has 3 N–H and O–H groups in total. The van der Waals surface area contributed by atoms with E-state index in [-0.39, 0.29) is 42.7 Å². The summed E-state index contributed by atoms with van der Waals surface area (Å²) < 4.78 is 0. The summed E-state index contributed by atoms with van der Waals surface area (Å²) in [5.41, 5.74) is 2.77. The van der Waals surface area contributed by atoms with Crippen LogP contribution in [0.15, 0.2) is 24.3 Å². The first-order chi connectivity index (χ1) is 12.6. The third-order valence-corrected chi connectivity index (χ3v) is 6.56. The largest absolute Gasteiger partial charge is 0.393 e. The van der Waals surface area contributed by atoms with Crippen molar-refractivity contribution >= 4 is 30.7 Å². The van der Waals surface area contributed by atoms with E-state index in [1.165, 1.54) is 5.56 Å². The molecule has 2 heterocycles. The molecular formula is C21H33Cl2N3O2. The Morgan fingerprint density at radius 1 is 1.11 bits per heavy atom. The van der Waals surface area contributed by atoms with Gasteiger partial charge in [-0.15, -0.1) is 24.8 Å². The topological polar surface area (TPSA) is 64.6 Å². The molecule has 1 amide bonds. The minimum Gasteiger partial charge on any atom is -0.393 e. The van der Waals surface area contributed by atoms with Gasteiger partial charge in [-0.1, -0.05) is 24.3 Å². The number of likely N-dealkylation sites (tertiary alicyclic amines) is 1. The lowest BCUT2D eigenvalue weighted by atomic mass is 9.92. The number of benzene rings is 1. The molecule has 4 rings (SSSR count). The number of halogens is 2. The molecule has 28 heavy (non-hydrogen) atoms. The van der Waals surface area contributed by atoms with Crippen molar-refractivity contribution in [2.75, 3.05) is 26.2 Å². The van der Waals surface area contributed by atoms with E-state index < -0.39 is 0 Å². The molecule has 0 radical (unpaired) electrons. The quantitative estimate of drug-likeness (QED) is 0.672. The summed E-state index contributed by atoms with van der Waals surface area (Å²) in [6.07, 6.45) is 5.00. The molecule has 1 aliphatic carbocycles. The van der Waals surface area contributed by atoms with Crippen LogP contribution in [0.2, 0.25) is 0 Å². The number of aliphatic hydroxyl groups excluding tert-OH is 1. The van der Waals surface area contributed by atoms with Gasteiger partial charge in [0.1, 0.15) is 0 Å². The standard InChI is InChI=1S/C21H31N3O2.2ClH/c25-18-5-11-24(12-6-18)15-17-3-1-16(2-4-17)14-23-20(26)19-13-21(19)7-9-22-10-8-21;;/h1-4,18-19,22,25H,5-15H2,(H,23,26);2*1H. The molecule has 3 aliphatic rings. The van der Waals surface area contributed by atoms with Gasteiger partial charge in [0, 0.05) is 32.1 Å². The van der Waals surface area contributed by atoms with Gasteiger partial charge in [0.05, 0.1) is 6.10 Å². The first-order valence-electron chi connectivity index (χ1n) is 10.1. The van der Waals surface area contributed by atoms with Gasteiger partial charge < -0.3 is 15.7 Å². The zero-order valence-corrected chi connectivity index (χ0v) is 18.0. The normalized spacial score (nSPS) is 24.1. The highest BCUT2D eigenvalue weighted by atomic mass is 35.5. The number of hydrogen-bond acceptors (Lipinski definition) is 4. The summed E-state index contributed by atoms with van der Waals surface area (Å²) in [7, 11) is 0. The maximum Gasteiger partial charge on any atom is 0.223 e. The summed E-state index contributed by atoms with van der Waals surface area (Å²) in [5.74, 6) is 0.473. The van der Waals surface area contributed by atoms with Gasteiger partial charge in [-0.25, -0.2) is 0 Å². The van der Waals surface area contributed by atoms with Crippen LogP contribution in [-0.2, 0) is 17.9 Å². The van der Waals surface area contributed by atoms with E-state index in [4.69, 9.17) is 0 Å². The predicted octanol–water partition coefficient (Wildman–Crippen LogP) is 2.49. The second-order valence-electron chi connectivity index (χ2n) is 8.41. The number of amides is 1.